The van der Waals surface area contributed by atoms with Crippen molar-refractivity contribution in [2.45, 2.75) is 32.7 Å². The molecule has 0 spiro atoms. The average molecular weight is 290 g/mol. The lowest BCUT2D eigenvalue weighted by Crippen LogP contribution is -2.26. The van der Waals surface area contributed by atoms with Gasteiger partial charge in [-0.3, -0.25) is 9.88 Å². The van der Waals surface area contributed by atoms with E-state index in [1.807, 2.05) is 12.1 Å². The minimum Gasteiger partial charge on any atom is -0.396 e. The lowest BCUT2D eigenvalue weighted by Gasteiger charge is -2.22. The first-order valence-corrected chi connectivity index (χ1v) is 7.61. The van der Waals surface area contributed by atoms with Crippen molar-refractivity contribution in [3.05, 3.63) is 41.8 Å². The predicted octanol–water partition coefficient (Wildman–Crippen LogP) is 3.36. The maximum atomic E-state index is 13.8. The Kier molecular flexibility index (Phi) is 6.08. The molecule has 0 aliphatic carbocycles. The highest BCUT2D eigenvalue weighted by Crippen LogP contribution is 2.20. The van der Waals surface area contributed by atoms with Gasteiger partial charge in [-0.15, -0.1) is 0 Å². The monoisotopic (exact) mass is 290 g/mol. The molecule has 21 heavy (non-hydrogen) atoms. The van der Waals surface area contributed by atoms with E-state index in [-0.39, 0.29) is 12.4 Å². The highest BCUT2D eigenvalue weighted by atomic mass is 19.1. The fraction of sp³-hybridized carbons (Fsp3) is 0.471. The van der Waals surface area contributed by atoms with Crippen molar-refractivity contribution in [3.63, 3.8) is 0 Å². The number of aliphatic hydroxyl groups excluding tert-OH is 1. The van der Waals surface area contributed by atoms with Crippen LogP contribution in [-0.4, -0.2) is 34.7 Å². The second-order valence-electron chi connectivity index (χ2n) is 5.35. The molecule has 0 fully saturated rings. The number of hydrogen-bond donors (Lipinski definition) is 1. The first kappa shape index (κ1) is 15.9. The molecule has 2 aromatic rings. The highest BCUT2D eigenvalue weighted by molar-refractivity contribution is 5.81. The Bertz CT molecular complexity index is 566. The number of halogens is 1. The molecule has 0 unspecified atom stereocenters. The summed E-state index contributed by atoms with van der Waals surface area (Å²) >= 11 is 0. The number of unbranched alkanes of at least 4 members (excludes halogenated alkanes) is 1. The lowest BCUT2D eigenvalue weighted by molar-refractivity contribution is 0.216. The summed E-state index contributed by atoms with van der Waals surface area (Å²) in [5.41, 5.74) is 1.78. The summed E-state index contributed by atoms with van der Waals surface area (Å²) in [7, 11) is 0. The maximum Gasteiger partial charge on any atom is 0.124 e. The molecule has 2 rings (SSSR count). The Morgan fingerprint density at radius 2 is 2.05 bits per heavy atom. The topological polar surface area (TPSA) is 36.4 Å². The van der Waals surface area contributed by atoms with E-state index < -0.39 is 0 Å². The summed E-state index contributed by atoms with van der Waals surface area (Å²) in [5.74, 6) is -0.219. The van der Waals surface area contributed by atoms with Crippen LogP contribution in [0.4, 0.5) is 4.39 Å². The number of aliphatic hydroxyl groups is 1. The van der Waals surface area contributed by atoms with Crippen molar-refractivity contribution in [2.75, 3.05) is 19.7 Å². The molecule has 0 radical (unpaired) electrons. The number of aromatic nitrogens is 1. The molecule has 0 amide bonds. The van der Waals surface area contributed by atoms with Gasteiger partial charge in [0.1, 0.15) is 5.82 Å². The number of rotatable bonds is 8. The highest BCUT2D eigenvalue weighted by Gasteiger charge is 2.10. The molecule has 0 saturated heterocycles. The van der Waals surface area contributed by atoms with Crippen molar-refractivity contribution in [1.29, 1.82) is 0 Å². The zero-order valence-corrected chi connectivity index (χ0v) is 12.6. The third kappa shape index (κ3) is 4.48. The molecule has 0 atom stereocenters. The van der Waals surface area contributed by atoms with Crippen LogP contribution in [0.15, 0.2) is 30.5 Å². The molecule has 1 heterocycles. The van der Waals surface area contributed by atoms with E-state index in [2.05, 4.69) is 16.8 Å². The Morgan fingerprint density at radius 3 is 2.81 bits per heavy atom. The van der Waals surface area contributed by atoms with E-state index in [0.29, 0.717) is 6.54 Å². The van der Waals surface area contributed by atoms with Gasteiger partial charge in [-0.25, -0.2) is 4.39 Å². The Labute approximate surface area is 125 Å². The summed E-state index contributed by atoms with van der Waals surface area (Å²) in [6.07, 6.45) is 4.71. The summed E-state index contributed by atoms with van der Waals surface area (Å²) in [4.78, 5) is 6.66. The van der Waals surface area contributed by atoms with Crippen LogP contribution >= 0.6 is 0 Å². The average Bonchev–Trinajstić information content (AvgIpc) is 2.49. The summed E-state index contributed by atoms with van der Waals surface area (Å²) < 4.78 is 13.8. The van der Waals surface area contributed by atoms with Crippen LogP contribution in [0.3, 0.4) is 0 Å². The minimum absolute atomic E-state index is 0.185. The fourth-order valence-electron chi connectivity index (χ4n) is 2.53. The quantitative estimate of drug-likeness (QED) is 0.810. The molecule has 1 aromatic heterocycles. The standard InChI is InChI=1S/C17H23FN2O/c1-2-3-8-20(9-5-10-21)13-15-12-16(18)11-14-6-4-7-19-17(14)15/h4,6-7,11-12,21H,2-3,5,8-10,13H2,1H3. The predicted molar refractivity (Wildman–Crippen MR) is 83.6 cm³/mol. The Morgan fingerprint density at radius 1 is 1.24 bits per heavy atom. The molecular weight excluding hydrogens is 267 g/mol. The smallest absolute Gasteiger partial charge is 0.124 e. The lowest BCUT2D eigenvalue weighted by atomic mass is 10.1. The summed E-state index contributed by atoms with van der Waals surface area (Å²) in [5, 5.41) is 9.86. The molecule has 0 bridgehead atoms. The van der Waals surface area contributed by atoms with E-state index in [4.69, 9.17) is 5.11 Å². The second-order valence-corrected chi connectivity index (χ2v) is 5.35. The fourth-order valence-corrected chi connectivity index (χ4v) is 2.53. The van der Waals surface area contributed by atoms with Gasteiger partial charge in [-0.2, -0.15) is 0 Å². The van der Waals surface area contributed by atoms with Crippen LogP contribution in [0, 0.1) is 5.82 Å². The third-order valence-corrected chi connectivity index (χ3v) is 3.60. The van der Waals surface area contributed by atoms with Crippen LogP contribution in [-0.2, 0) is 6.54 Å². The van der Waals surface area contributed by atoms with Crippen molar-refractivity contribution in [3.8, 4) is 0 Å². The third-order valence-electron chi connectivity index (χ3n) is 3.60. The molecule has 3 nitrogen and oxygen atoms in total. The molecule has 1 N–H and O–H groups in total. The van der Waals surface area contributed by atoms with E-state index in [9.17, 15) is 4.39 Å². The van der Waals surface area contributed by atoms with Gasteiger partial charge in [-0.1, -0.05) is 19.4 Å². The number of hydrogen-bond acceptors (Lipinski definition) is 3. The minimum atomic E-state index is -0.219. The molecule has 4 heteroatoms. The Balaban J connectivity index is 2.22. The first-order valence-electron chi connectivity index (χ1n) is 7.61. The van der Waals surface area contributed by atoms with E-state index in [0.717, 1.165) is 48.8 Å². The van der Waals surface area contributed by atoms with Gasteiger partial charge in [0.25, 0.3) is 0 Å². The van der Waals surface area contributed by atoms with Gasteiger partial charge in [0, 0.05) is 31.3 Å². The number of nitrogens with zero attached hydrogens (tertiary/aromatic N) is 2. The maximum absolute atomic E-state index is 13.8. The molecular formula is C17H23FN2O. The second kappa shape index (κ2) is 8.05. The summed E-state index contributed by atoms with van der Waals surface area (Å²) in [6, 6.07) is 6.81. The van der Waals surface area contributed by atoms with E-state index in [1.165, 1.54) is 6.07 Å². The van der Waals surface area contributed by atoms with Gasteiger partial charge >= 0.3 is 0 Å². The van der Waals surface area contributed by atoms with E-state index >= 15 is 0 Å². The van der Waals surface area contributed by atoms with Gasteiger partial charge in [0.15, 0.2) is 0 Å². The van der Waals surface area contributed by atoms with Gasteiger partial charge in [0.05, 0.1) is 5.52 Å². The van der Waals surface area contributed by atoms with Crippen LogP contribution in [0.5, 0.6) is 0 Å². The van der Waals surface area contributed by atoms with Crippen LogP contribution in [0.25, 0.3) is 10.9 Å². The van der Waals surface area contributed by atoms with Crippen molar-refractivity contribution < 1.29 is 9.50 Å². The van der Waals surface area contributed by atoms with Gasteiger partial charge in [0.2, 0.25) is 0 Å². The zero-order valence-electron chi connectivity index (χ0n) is 12.6. The molecule has 0 aliphatic heterocycles. The van der Waals surface area contributed by atoms with Crippen molar-refractivity contribution >= 4 is 10.9 Å². The first-order chi connectivity index (χ1) is 10.2. The number of benzene rings is 1. The largest absolute Gasteiger partial charge is 0.396 e. The molecule has 114 valence electrons. The number of pyridine rings is 1. The SMILES string of the molecule is CCCCN(CCCO)Cc1cc(F)cc2cccnc12. The Hall–Kier alpha value is -1.52. The van der Waals surface area contributed by atoms with E-state index in [1.54, 1.807) is 12.3 Å². The molecule has 1 aromatic carbocycles. The molecule has 0 saturated carbocycles. The van der Waals surface area contributed by atoms with Crippen LogP contribution in [0.1, 0.15) is 31.7 Å². The zero-order chi connectivity index (χ0) is 15.1. The molecule has 0 aliphatic rings. The van der Waals surface area contributed by atoms with Gasteiger partial charge < -0.3 is 5.11 Å². The normalized spacial score (nSPS) is 11.4. The van der Waals surface area contributed by atoms with Crippen molar-refractivity contribution in [1.82, 2.24) is 9.88 Å². The summed E-state index contributed by atoms with van der Waals surface area (Å²) in [6.45, 7) is 4.79. The number of fused-ring (bicyclic) bond motifs is 1. The van der Waals surface area contributed by atoms with Crippen LogP contribution in [0.2, 0.25) is 0 Å². The van der Waals surface area contributed by atoms with Crippen molar-refractivity contribution in [2.24, 2.45) is 0 Å². The van der Waals surface area contributed by atoms with Gasteiger partial charge in [-0.05, 0) is 43.1 Å². The van der Waals surface area contributed by atoms with Crippen LogP contribution < -0.4 is 0 Å².